The van der Waals surface area contributed by atoms with Crippen LogP contribution in [0.1, 0.15) is 26.7 Å². The number of hydrogen-bond acceptors (Lipinski definition) is 4. The lowest BCUT2D eigenvalue weighted by Crippen LogP contribution is -2.49. The summed E-state index contributed by atoms with van der Waals surface area (Å²) < 4.78 is 11.0. The molecule has 1 saturated heterocycles. The smallest absolute Gasteiger partial charge is 0.246 e. The van der Waals surface area contributed by atoms with E-state index in [1.54, 1.807) is 0 Å². The Hall–Kier alpha value is -0.650. The summed E-state index contributed by atoms with van der Waals surface area (Å²) >= 11 is 0. The first-order valence-electron chi connectivity index (χ1n) is 5.79. The summed E-state index contributed by atoms with van der Waals surface area (Å²) in [6.45, 7) is 5.52. The topological polar surface area (TPSA) is 73.6 Å². The second-order valence-corrected chi connectivity index (χ2v) is 4.55. The van der Waals surface area contributed by atoms with Crippen molar-refractivity contribution in [2.75, 3.05) is 26.4 Å². The fourth-order valence-electron chi connectivity index (χ4n) is 1.74. The summed E-state index contributed by atoms with van der Waals surface area (Å²) in [5.74, 6) is -0.103. The highest BCUT2D eigenvalue weighted by Gasteiger charge is 2.33. The van der Waals surface area contributed by atoms with Crippen LogP contribution in [-0.2, 0) is 14.3 Å². The van der Waals surface area contributed by atoms with Gasteiger partial charge in [0.25, 0.3) is 0 Å². The molecular formula is C11H22N2O3. The molecule has 0 aromatic rings. The molecule has 0 radical (unpaired) electrons. The van der Waals surface area contributed by atoms with Crippen molar-refractivity contribution in [2.24, 2.45) is 5.73 Å². The lowest BCUT2D eigenvalue weighted by Gasteiger charge is -2.35. The highest BCUT2D eigenvalue weighted by Crippen LogP contribution is 2.22. The van der Waals surface area contributed by atoms with E-state index in [4.69, 9.17) is 15.2 Å². The van der Waals surface area contributed by atoms with E-state index in [1.165, 1.54) is 0 Å². The van der Waals surface area contributed by atoms with E-state index in [1.807, 2.05) is 13.8 Å². The van der Waals surface area contributed by atoms with Gasteiger partial charge in [0.15, 0.2) is 0 Å². The zero-order chi connectivity index (χ0) is 12.0. The molecule has 1 rings (SSSR count). The van der Waals surface area contributed by atoms with Gasteiger partial charge in [0, 0.05) is 19.2 Å². The van der Waals surface area contributed by atoms with Gasteiger partial charge in [-0.25, -0.2) is 0 Å². The van der Waals surface area contributed by atoms with E-state index in [0.717, 1.165) is 19.4 Å². The average molecular weight is 230 g/mol. The Kier molecular flexibility index (Phi) is 5.18. The van der Waals surface area contributed by atoms with Gasteiger partial charge in [-0.2, -0.15) is 0 Å². The summed E-state index contributed by atoms with van der Waals surface area (Å²) in [5, 5.41) is 2.78. The normalized spacial score (nSPS) is 25.8. The standard InChI is InChI=1S/C11H22N2O3/c1-9(2)13-10(14)6-16-11(7-12)4-3-5-15-8-11/h9H,3-8,12H2,1-2H3,(H,13,14). The van der Waals surface area contributed by atoms with Crippen molar-refractivity contribution in [3.8, 4) is 0 Å². The van der Waals surface area contributed by atoms with Crippen molar-refractivity contribution in [3.63, 3.8) is 0 Å². The van der Waals surface area contributed by atoms with Crippen LogP contribution < -0.4 is 11.1 Å². The van der Waals surface area contributed by atoms with Crippen molar-refractivity contribution in [3.05, 3.63) is 0 Å². The second kappa shape index (κ2) is 6.18. The van der Waals surface area contributed by atoms with E-state index < -0.39 is 5.60 Å². The lowest BCUT2D eigenvalue weighted by molar-refractivity contribution is -0.147. The fraction of sp³-hybridized carbons (Fsp3) is 0.909. The maximum atomic E-state index is 11.4. The number of ether oxygens (including phenoxy) is 2. The molecule has 1 aliphatic rings. The number of carbonyl (C=O) groups excluding carboxylic acids is 1. The SMILES string of the molecule is CC(C)NC(=O)COC1(CN)CCCOC1. The third-order valence-corrected chi connectivity index (χ3v) is 2.62. The fourth-order valence-corrected chi connectivity index (χ4v) is 1.74. The predicted octanol–water partition coefficient (Wildman–Crippen LogP) is 0.0355. The molecule has 3 N–H and O–H groups in total. The number of amides is 1. The number of hydrogen-bond donors (Lipinski definition) is 2. The van der Waals surface area contributed by atoms with Crippen LogP contribution in [0.4, 0.5) is 0 Å². The zero-order valence-electron chi connectivity index (χ0n) is 10.1. The molecule has 1 aliphatic heterocycles. The Balaban J connectivity index is 2.35. The Morgan fingerprint density at radius 2 is 2.38 bits per heavy atom. The first-order valence-corrected chi connectivity index (χ1v) is 5.79. The molecule has 5 heteroatoms. The molecule has 1 atom stereocenters. The molecule has 16 heavy (non-hydrogen) atoms. The van der Waals surface area contributed by atoms with Gasteiger partial charge < -0.3 is 20.5 Å². The highest BCUT2D eigenvalue weighted by atomic mass is 16.5. The molecule has 0 spiro atoms. The monoisotopic (exact) mass is 230 g/mol. The molecule has 5 nitrogen and oxygen atoms in total. The third kappa shape index (κ3) is 4.08. The molecule has 0 bridgehead atoms. The van der Waals surface area contributed by atoms with Crippen LogP contribution >= 0.6 is 0 Å². The summed E-state index contributed by atoms with van der Waals surface area (Å²) in [5.41, 5.74) is 5.22. The predicted molar refractivity (Wildman–Crippen MR) is 61.1 cm³/mol. The third-order valence-electron chi connectivity index (χ3n) is 2.62. The van der Waals surface area contributed by atoms with Crippen molar-refractivity contribution in [1.82, 2.24) is 5.32 Å². The van der Waals surface area contributed by atoms with Gasteiger partial charge in [-0.15, -0.1) is 0 Å². The summed E-state index contributed by atoms with van der Waals surface area (Å²) in [7, 11) is 0. The molecule has 1 unspecified atom stereocenters. The molecule has 1 heterocycles. The van der Waals surface area contributed by atoms with E-state index in [2.05, 4.69) is 5.32 Å². The van der Waals surface area contributed by atoms with E-state index in [0.29, 0.717) is 13.2 Å². The van der Waals surface area contributed by atoms with Crippen LogP contribution in [0.2, 0.25) is 0 Å². The summed E-state index contributed by atoms with van der Waals surface area (Å²) in [4.78, 5) is 11.4. The van der Waals surface area contributed by atoms with E-state index in [9.17, 15) is 4.79 Å². The number of nitrogens with two attached hydrogens (primary N) is 1. The highest BCUT2D eigenvalue weighted by molar-refractivity contribution is 5.77. The quantitative estimate of drug-likeness (QED) is 0.699. The van der Waals surface area contributed by atoms with Gasteiger partial charge >= 0.3 is 0 Å². The van der Waals surface area contributed by atoms with Gasteiger partial charge in [-0.3, -0.25) is 4.79 Å². The Morgan fingerprint density at radius 1 is 1.62 bits per heavy atom. The molecule has 0 saturated carbocycles. The molecule has 0 aliphatic carbocycles. The Bertz CT molecular complexity index is 225. The Labute approximate surface area is 96.7 Å². The lowest BCUT2D eigenvalue weighted by atomic mass is 9.96. The van der Waals surface area contributed by atoms with Gasteiger partial charge in [0.2, 0.25) is 5.91 Å². The van der Waals surface area contributed by atoms with Crippen molar-refractivity contribution >= 4 is 5.91 Å². The van der Waals surface area contributed by atoms with Crippen molar-refractivity contribution < 1.29 is 14.3 Å². The maximum Gasteiger partial charge on any atom is 0.246 e. The number of nitrogens with one attached hydrogen (secondary N) is 1. The number of carbonyl (C=O) groups is 1. The first kappa shape index (κ1) is 13.4. The minimum atomic E-state index is -0.466. The first-order chi connectivity index (χ1) is 7.58. The van der Waals surface area contributed by atoms with Crippen LogP contribution in [0.25, 0.3) is 0 Å². The van der Waals surface area contributed by atoms with E-state index in [-0.39, 0.29) is 18.6 Å². The van der Waals surface area contributed by atoms with Crippen LogP contribution in [0, 0.1) is 0 Å². The second-order valence-electron chi connectivity index (χ2n) is 4.55. The van der Waals surface area contributed by atoms with Crippen molar-refractivity contribution in [2.45, 2.75) is 38.3 Å². The molecule has 0 aromatic carbocycles. The molecular weight excluding hydrogens is 208 g/mol. The zero-order valence-corrected chi connectivity index (χ0v) is 10.1. The number of rotatable bonds is 5. The van der Waals surface area contributed by atoms with Gasteiger partial charge in [0.05, 0.1) is 6.61 Å². The largest absolute Gasteiger partial charge is 0.378 e. The Morgan fingerprint density at radius 3 is 2.88 bits per heavy atom. The summed E-state index contributed by atoms with van der Waals surface area (Å²) in [6.07, 6.45) is 1.79. The van der Waals surface area contributed by atoms with E-state index >= 15 is 0 Å². The van der Waals surface area contributed by atoms with Gasteiger partial charge in [0.1, 0.15) is 12.2 Å². The molecule has 1 amide bonds. The molecule has 94 valence electrons. The minimum Gasteiger partial charge on any atom is -0.378 e. The maximum absolute atomic E-state index is 11.4. The molecule has 0 aromatic heterocycles. The minimum absolute atomic E-state index is 0.0543. The van der Waals surface area contributed by atoms with Crippen molar-refractivity contribution in [1.29, 1.82) is 0 Å². The van der Waals surface area contributed by atoms with Gasteiger partial charge in [-0.1, -0.05) is 0 Å². The summed E-state index contributed by atoms with van der Waals surface area (Å²) in [6, 6.07) is 0.132. The van der Waals surface area contributed by atoms with Crippen LogP contribution in [0.15, 0.2) is 0 Å². The van der Waals surface area contributed by atoms with Crippen LogP contribution in [0.3, 0.4) is 0 Å². The van der Waals surface area contributed by atoms with Crippen LogP contribution in [-0.4, -0.2) is 43.9 Å². The average Bonchev–Trinajstić information content (AvgIpc) is 2.27. The molecule has 1 fully saturated rings. The van der Waals surface area contributed by atoms with Crippen LogP contribution in [0.5, 0.6) is 0 Å². The van der Waals surface area contributed by atoms with Gasteiger partial charge in [-0.05, 0) is 26.7 Å².